The number of nitrogens with zero attached hydrogens (tertiary/aromatic N) is 3. The number of carbonyl (C=O) groups is 1. The van der Waals surface area contributed by atoms with Gasteiger partial charge in [-0.3, -0.25) is 14.8 Å². The molecule has 0 aliphatic carbocycles. The maximum Gasteiger partial charge on any atom is 0.254 e. The van der Waals surface area contributed by atoms with Crippen molar-refractivity contribution in [1.82, 2.24) is 14.9 Å². The number of benzene rings is 1. The minimum Gasteiger partial charge on any atom is -0.337 e. The summed E-state index contributed by atoms with van der Waals surface area (Å²) in [6, 6.07) is 10.1. The number of likely N-dealkylation sites (tertiary alicyclic amines) is 1. The van der Waals surface area contributed by atoms with Crippen LogP contribution in [0.5, 0.6) is 0 Å². The summed E-state index contributed by atoms with van der Waals surface area (Å²) in [5, 5.41) is 0.956. The summed E-state index contributed by atoms with van der Waals surface area (Å²) in [6.45, 7) is 7.56. The molecule has 0 unspecified atom stereocenters. The molecule has 4 nitrogen and oxygen atoms in total. The Kier molecular flexibility index (Phi) is 3.75. The Labute approximate surface area is 147 Å². The van der Waals surface area contributed by atoms with Crippen molar-refractivity contribution in [3.63, 3.8) is 0 Å². The number of aryl methyl sites for hydroxylation is 3. The van der Waals surface area contributed by atoms with E-state index in [4.69, 9.17) is 0 Å². The molecule has 1 aromatic carbocycles. The molecule has 1 amide bonds. The highest BCUT2D eigenvalue weighted by molar-refractivity contribution is 6.07. The fourth-order valence-corrected chi connectivity index (χ4v) is 3.63. The molecule has 2 aromatic heterocycles. The Morgan fingerprint density at radius 1 is 1.16 bits per heavy atom. The Morgan fingerprint density at radius 2 is 1.96 bits per heavy atom. The van der Waals surface area contributed by atoms with Gasteiger partial charge in [-0.1, -0.05) is 17.7 Å². The largest absolute Gasteiger partial charge is 0.337 e. The molecule has 3 aromatic rings. The number of hydrogen-bond acceptors (Lipinski definition) is 3. The zero-order valence-corrected chi connectivity index (χ0v) is 14.8. The Balaban J connectivity index is 1.65. The molecule has 25 heavy (non-hydrogen) atoms. The van der Waals surface area contributed by atoms with Gasteiger partial charge in [0.15, 0.2) is 0 Å². The van der Waals surface area contributed by atoms with Crippen molar-refractivity contribution in [3.05, 3.63) is 70.7 Å². The van der Waals surface area contributed by atoms with Crippen molar-refractivity contribution in [2.24, 2.45) is 0 Å². The minimum absolute atomic E-state index is 0.0978. The van der Waals surface area contributed by atoms with Crippen LogP contribution in [0.1, 0.15) is 38.7 Å². The van der Waals surface area contributed by atoms with E-state index in [1.807, 2.05) is 30.2 Å². The number of aromatic nitrogens is 2. The van der Waals surface area contributed by atoms with Gasteiger partial charge in [-0.25, -0.2) is 0 Å². The van der Waals surface area contributed by atoms with E-state index >= 15 is 0 Å². The van der Waals surface area contributed by atoms with Crippen LogP contribution in [0.4, 0.5) is 0 Å². The second-order valence-corrected chi connectivity index (χ2v) is 6.98. The summed E-state index contributed by atoms with van der Waals surface area (Å²) < 4.78 is 0. The molecular weight excluding hydrogens is 310 g/mol. The smallest absolute Gasteiger partial charge is 0.254 e. The number of carbonyl (C=O) groups excluding carboxylic acids is 1. The molecule has 126 valence electrons. The van der Waals surface area contributed by atoms with Gasteiger partial charge < -0.3 is 4.90 Å². The van der Waals surface area contributed by atoms with Crippen molar-refractivity contribution >= 4 is 16.8 Å². The Bertz CT molecular complexity index is 960. The fraction of sp³-hybridized carbons (Fsp3) is 0.286. The van der Waals surface area contributed by atoms with Gasteiger partial charge >= 0.3 is 0 Å². The molecule has 0 bridgehead atoms. The summed E-state index contributed by atoms with van der Waals surface area (Å²) in [6.07, 6.45) is 3.67. The SMILES string of the molecule is Cc1cc(C)c2nc(C)cc(C(=O)N3CC(c4cccnc4)C3)c2c1. The van der Waals surface area contributed by atoms with Gasteiger partial charge in [0.2, 0.25) is 0 Å². The molecule has 1 aliphatic rings. The quantitative estimate of drug-likeness (QED) is 0.717. The van der Waals surface area contributed by atoms with E-state index in [2.05, 4.69) is 42.0 Å². The predicted molar refractivity (Wildman–Crippen MR) is 98.8 cm³/mol. The van der Waals surface area contributed by atoms with E-state index in [9.17, 15) is 4.79 Å². The van der Waals surface area contributed by atoms with Crippen LogP contribution >= 0.6 is 0 Å². The number of pyridine rings is 2. The lowest BCUT2D eigenvalue weighted by Gasteiger charge is -2.39. The molecule has 1 aliphatic heterocycles. The topological polar surface area (TPSA) is 46.1 Å². The first kappa shape index (κ1) is 15.8. The highest BCUT2D eigenvalue weighted by atomic mass is 16.2. The van der Waals surface area contributed by atoms with E-state index in [0.29, 0.717) is 5.92 Å². The molecule has 4 rings (SSSR count). The number of rotatable bonds is 2. The lowest BCUT2D eigenvalue weighted by molar-refractivity contribution is 0.0604. The summed E-state index contributed by atoms with van der Waals surface area (Å²) in [4.78, 5) is 23.8. The highest BCUT2D eigenvalue weighted by Crippen LogP contribution is 2.30. The van der Waals surface area contributed by atoms with Crippen molar-refractivity contribution in [2.75, 3.05) is 13.1 Å². The number of amides is 1. The molecule has 4 heteroatoms. The molecule has 0 spiro atoms. The molecule has 1 fully saturated rings. The van der Waals surface area contributed by atoms with Crippen LogP contribution in [0.25, 0.3) is 10.9 Å². The normalized spacial score (nSPS) is 14.6. The van der Waals surface area contributed by atoms with Crippen LogP contribution < -0.4 is 0 Å². The van der Waals surface area contributed by atoms with Gasteiger partial charge in [-0.2, -0.15) is 0 Å². The van der Waals surface area contributed by atoms with Crippen LogP contribution in [0.2, 0.25) is 0 Å². The van der Waals surface area contributed by atoms with Crippen LogP contribution in [-0.4, -0.2) is 33.9 Å². The predicted octanol–water partition coefficient (Wildman–Crippen LogP) is 3.79. The minimum atomic E-state index is 0.0978. The van der Waals surface area contributed by atoms with Crippen molar-refractivity contribution < 1.29 is 4.79 Å². The van der Waals surface area contributed by atoms with Crippen LogP contribution in [0.15, 0.2) is 42.7 Å². The monoisotopic (exact) mass is 331 g/mol. The zero-order valence-electron chi connectivity index (χ0n) is 14.8. The zero-order chi connectivity index (χ0) is 17.6. The van der Waals surface area contributed by atoms with E-state index in [-0.39, 0.29) is 5.91 Å². The van der Waals surface area contributed by atoms with Gasteiger partial charge in [-0.05, 0) is 50.1 Å². The molecular formula is C21H21N3O. The highest BCUT2D eigenvalue weighted by Gasteiger charge is 2.33. The third-order valence-corrected chi connectivity index (χ3v) is 4.93. The molecule has 0 atom stereocenters. The lowest BCUT2D eigenvalue weighted by Crippen LogP contribution is -2.48. The lowest BCUT2D eigenvalue weighted by atomic mass is 9.91. The second-order valence-electron chi connectivity index (χ2n) is 6.98. The van der Waals surface area contributed by atoms with Crippen LogP contribution in [0, 0.1) is 20.8 Å². The first-order valence-electron chi connectivity index (χ1n) is 8.61. The first-order valence-corrected chi connectivity index (χ1v) is 8.61. The average Bonchev–Trinajstić information content (AvgIpc) is 2.54. The Hall–Kier alpha value is -2.75. The standard InChI is InChI=1S/C21H21N3O/c1-13-7-14(2)20-18(8-13)19(9-15(3)23-20)21(25)24-11-17(12-24)16-5-4-6-22-10-16/h4-10,17H,11-12H2,1-3H3. The maximum absolute atomic E-state index is 13.1. The number of fused-ring (bicyclic) bond motifs is 1. The number of hydrogen-bond donors (Lipinski definition) is 0. The maximum atomic E-state index is 13.1. The molecule has 0 radical (unpaired) electrons. The third-order valence-electron chi connectivity index (χ3n) is 4.93. The van der Waals surface area contributed by atoms with Crippen molar-refractivity contribution in [2.45, 2.75) is 26.7 Å². The van der Waals surface area contributed by atoms with Crippen LogP contribution in [-0.2, 0) is 0 Å². The second kappa shape index (κ2) is 5.96. The van der Waals surface area contributed by atoms with Crippen molar-refractivity contribution in [3.8, 4) is 0 Å². The van der Waals surface area contributed by atoms with Gasteiger partial charge in [0.1, 0.15) is 0 Å². The third kappa shape index (κ3) is 2.78. The summed E-state index contributed by atoms with van der Waals surface area (Å²) >= 11 is 0. The van der Waals surface area contributed by atoms with Gasteiger partial charge in [0.05, 0.1) is 11.1 Å². The van der Waals surface area contributed by atoms with E-state index in [1.54, 1.807) is 6.20 Å². The van der Waals surface area contributed by atoms with Gasteiger partial charge in [0.25, 0.3) is 5.91 Å². The molecule has 3 heterocycles. The summed E-state index contributed by atoms with van der Waals surface area (Å²) in [5.74, 6) is 0.482. The van der Waals surface area contributed by atoms with Gasteiger partial charge in [0, 0.05) is 42.5 Å². The van der Waals surface area contributed by atoms with Gasteiger partial charge in [-0.15, -0.1) is 0 Å². The Morgan fingerprint density at radius 3 is 2.68 bits per heavy atom. The summed E-state index contributed by atoms with van der Waals surface area (Å²) in [5.41, 5.74) is 6.05. The molecule has 1 saturated heterocycles. The van der Waals surface area contributed by atoms with Crippen molar-refractivity contribution in [1.29, 1.82) is 0 Å². The van der Waals surface area contributed by atoms with E-state index in [0.717, 1.165) is 46.4 Å². The molecule has 0 N–H and O–H groups in total. The van der Waals surface area contributed by atoms with Crippen LogP contribution in [0.3, 0.4) is 0 Å². The fourth-order valence-electron chi connectivity index (χ4n) is 3.63. The van der Waals surface area contributed by atoms with E-state index in [1.165, 1.54) is 5.56 Å². The first-order chi connectivity index (χ1) is 12.0. The van der Waals surface area contributed by atoms with E-state index < -0.39 is 0 Å². The average molecular weight is 331 g/mol. The summed E-state index contributed by atoms with van der Waals surface area (Å²) in [7, 11) is 0. The molecule has 0 saturated carbocycles.